The first-order valence-corrected chi connectivity index (χ1v) is 9.57. The molecule has 0 atom stereocenters. The summed E-state index contributed by atoms with van der Waals surface area (Å²) in [5, 5.41) is 9.34. The van der Waals surface area contributed by atoms with E-state index in [9.17, 15) is 9.90 Å². The van der Waals surface area contributed by atoms with Crippen LogP contribution in [0.2, 0.25) is 0 Å². The van der Waals surface area contributed by atoms with Crippen LogP contribution in [0.25, 0.3) is 22.6 Å². The lowest BCUT2D eigenvalue weighted by atomic mass is 10.1. The van der Waals surface area contributed by atoms with Crippen molar-refractivity contribution in [2.24, 2.45) is 5.73 Å². The van der Waals surface area contributed by atoms with E-state index in [4.69, 9.17) is 14.9 Å². The molecule has 0 saturated carbocycles. The zero-order chi connectivity index (χ0) is 21.7. The van der Waals surface area contributed by atoms with Crippen LogP contribution in [0.3, 0.4) is 0 Å². The van der Waals surface area contributed by atoms with Gasteiger partial charge in [-0.3, -0.25) is 0 Å². The second-order valence-corrected chi connectivity index (χ2v) is 7.16. The van der Waals surface area contributed by atoms with Gasteiger partial charge in [0.25, 0.3) is 0 Å². The number of nitrogens with zero attached hydrogens (tertiary/aromatic N) is 1. The van der Waals surface area contributed by atoms with E-state index in [2.05, 4.69) is 4.98 Å². The number of rotatable bonds is 4. The molecule has 4 rings (SSSR count). The van der Waals surface area contributed by atoms with Gasteiger partial charge >= 0.3 is 5.97 Å². The minimum atomic E-state index is -1.02. The summed E-state index contributed by atoms with van der Waals surface area (Å²) < 4.78 is 11.6. The fraction of sp³-hybridized carbons (Fsp3) is 0.167. The molecular weight excluding hydrogens is 380 g/mol. The van der Waals surface area contributed by atoms with E-state index in [1.807, 2.05) is 45.0 Å². The minimum Gasteiger partial charge on any atom is -0.478 e. The Balaban J connectivity index is 0.000000589. The number of nitrogens with two attached hydrogens (primary N) is 1. The number of hydrogen-bond acceptors (Lipinski definition) is 5. The lowest BCUT2D eigenvalue weighted by Gasteiger charge is -2.05. The molecule has 3 aromatic carbocycles. The number of oxazole rings is 1. The molecular formula is C24H24N2O4. The highest BCUT2D eigenvalue weighted by atomic mass is 16.5. The maximum Gasteiger partial charge on any atom is 0.336 e. The highest BCUT2D eigenvalue weighted by molar-refractivity contribution is 5.95. The molecule has 3 N–H and O–H groups in total. The molecule has 30 heavy (non-hydrogen) atoms. The SMILES string of the molecule is CC(C)N.Cc1ccc(Oc2ccc3nc(-c4ccccc4C(=O)O)oc3c2)cc1. The maximum atomic E-state index is 11.4. The Morgan fingerprint density at radius 3 is 2.33 bits per heavy atom. The number of ether oxygens (including phenoxy) is 1. The number of aromatic carboxylic acids is 1. The maximum absolute atomic E-state index is 11.4. The summed E-state index contributed by atoms with van der Waals surface area (Å²) in [7, 11) is 0. The monoisotopic (exact) mass is 404 g/mol. The van der Waals surface area contributed by atoms with Gasteiger partial charge in [-0.1, -0.05) is 43.7 Å². The lowest BCUT2D eigenvalue weighted by Crippen LogP contribution is -2.06. The number of carboxylic acids is 1. The first-order valence-electron chi connectivity index (χ1n) is 9.57. The van der Waals surface area contributed by atoms with Crippen LogP contribution >= 0.6 is 0 Å². The first kappa shape index (κ1) is 21.1. The highest BCUT2D eigenvalue weighted by Gasteiger charge is 2.16. The van der Waals surface area contributed by atoms with Crippen molar-refractivity contribution in [3.63, 3.8) is 0 Å². The molecule has 1 heterocycles. The minimum absolute atomic E-state index is 0.148. The van der Waals surface area contributed by atoms with Gasteiger partial charge in [0, 0.05) is 6.07 Å². The third kappa shape index (κ3) is 5.24. The zero-order valence-electron chi connectivity index (χ0n) is 17.1. The Morgan fingerprint density at radius 1 is 1.03 bits per heavy atom. The van der Waals surface area contributed by atoms with Crippen molar-refractivity contribution in [1.82, 2.24) is 4.98 Å². The van der Waals surface area contributed by atoms with Crippen LogP contribution in [0.5, 0.6) is 11.5 Å². The van der Waals surface area contributed by atoms with E-state index in [0.29, 0.717) is 28.5 Å². The fourth-order valence-corrected chi connectivity index (χ4v) is 2.68. The van der Waals surface area contributed by atoms with Crippen molar-refractivity contribution >= 4 is 17.1 Å². The average molecular weight is 404 g/mol. The molecule has 6 heteroatoms. The van der Waals surface area contributed by atoms with Crippen LogP contribution < -0.4 is 10.5 Å². The van der Waals surface area contributed by atoms with Gasteiger partial charge in [0.15, 0.2) is 5.58 Å². The predicted octanol–water partition coefficient (Wildman–Crippen LogP) is 5.65. The van der Waals surface area contributed by atoms with E-state index in [1.165, 1.54) is 6.07 Å². The van der Waals surface area contributed by atoms with Gasteiger partial charge < -0.3 is 20.0 Å². The number of fused-ring (bicyclic) bond motifs is 1. The van der Waals surface area contributed by atoms with Gasteiger partial charge in [0.1, 0.15) is 17.0 Å². The van der Waals surface area contributed by atoms with Crippen LogP contribution in [-0.4, -0.2) is 22.1 Å². The third-order valence-electron chi connectivity index (χ3n) is 4.00. The molecule has 0 aliphatic rings. The predicted molar refractivity (Wildman–Crippen MR) is 117 cm³/mol. The summed E-state index contributed by atoms with van der Waals surface area (Å²) in [6.45, 7) is 5.90. The normalized spacial score (nSPS) is 10.6. The Hall–Kier alpha value is -3.64. The molecule has 154 valence electrons. The third-order valence-corrected chi connectivity index (χ3v) is 4.00. The Kier molecular flexibility index (Phi) is 6.49. The smallest absolute Gasteiger partial charge is 0.336 e. The van der Waals surface area contributed by atoms with Crippen LogP contribution in [0.15, 0.2) is 71.1 Å². The van der Waals surface area contributed by atoms with Crippen molar-refractivity contribution in [2.45, 2.75) is 26.8 Å². The van der Waals surface area contributed by atoms with Crippen LogP contribution in [0.4, 0.5) is 0 Å². The Morgan fingerprint density at radius 2 is 1.67 bits per heavy atom. The zero-order valence-corrected chi connectivity index (χ0v) is 17.1. The number of benzene rings is 3. The molecule has 0 radical (unpaired) electrons. The second kappa shape index (κ2) is 9.24. The van der Waals surface area contributed by atoms with Crippen molar-refractivity contribution in [1.29, 1.82) is 0 Å². The number of carbonyl (C=O) groups is 1. The molecule has 0 unspecified atom stereocenters. The number of aromatic nitrogens is 1. The summed E-state index contributed by atoms with van der Waals surface area (Å²) in [5.74, 6) is 0.596. The molecule has 0 fully saturated rings. The van der Waals surface area contributed by atoms with Crippen LogP contribution in [0.1, 0.15) is 29.8 Å². The van der Waals surface area contributed by atoms with Gasteiger partial charge in [0.05, 0.1) is 11.1 Å². The molecule has 6 nitrogen and oxygen atoms in total. The molecule has 0 saturated heterocycles. The van der Waals surface area contributed by atoms with E-state index in [0.717, 1.165) is 11.3 Å². The molecule has 1 aromatic heterocycles. The molecule has 0 amide bonds. The number of aryl methyl sites for hydroxylation is 1. The molecule has 0 spiro atoms. The summed E-state index contributed by atoms with van der Waals surface area (Å²) >= 11 is 0. The molecule has 0 aliphatic carbocycles. The lowest BCUT2D eigenvalue weighted by molar-refractivity contribution is 0.0697. The summed E-state index contributed by atoms with van der Waals surface area (Å²) in [6.07, 6.45) is 0. The van der Waals surface area contributed by atoms with E-state index in [-0.39, 0.29) is 11.5 Å². The van der Waals surface area contributed by atoms with E-state index >= 15 is 0 Å². The summed E-state index contributed by atoms with van der Waals surface area (Å²) in [6, 6.07) is 20.0. The number of hydrogen-bond donors (Lipinski definition) is 2. The Labute approximate surface area is 174 Å². The Bertz CT molecular complexity index is 1140. The van der Waals surface area contributed by atoms with Crippen molar-refractivity contribution in [2.75, 3.05) is 0 Å². The second-order valence-electron chi connectivity index (χ2n) is 7.16. The van der Waals surface area contributed by atoms with Gasteiger partial charge in [-0.15, -0.1) is 0 Å². The van der Waals surface area contributed by atoms with Crippen LogP contribution in [-0.2, 0) is 0 Å². The van der Waals surface area contributed by atoms with Gasteiger partial charge in [-0.25, -0.2) is 9.78 Å². The fourth-order valence-electron chi connectivity index (χ4n) is 2.68. The van der Waals surface area contributed by atoms with Gasteiger partial charge in [0.2, 0.25) is 5.89 Å². The van der Waals surface area contributed by atoms with Crippen molar-refractivity contribution < 1.29 is 19.1 Å². The standard InChI is InChI=1S/C21H15NO4.C3H9N/c1-13-6-8-14(9-7-13)25-15-10-11-18-19(12-15)26-20(22-18)16-4-2-3-5-17(16)21(23)24;1-3(2)4/h2-12H,1H3,(H,23,24);3H,4H2,1-2H3. The topological polar surface area (TPSA) is 98.6 Å². The molecule has 0 bridgehead atoms. The molecule has 4 aromatic rings. The van der Waals surface area contributed by atoms with Crippen molar-refractivity contribution in [3.05, 3.63) is 77.9 Å². The first-order chi connectivity index (χ1) is 14.3. The summed E-state index contributed by atoms with van der Waals surface area (Å²) in [4.78, 5) is 15.8. The summed E-state index contributed by atoms with van der Waals surface area (Å²) in [5.41, 5.74) is 8.03. The quantitative estimate of drug-likeness (QED) is 0.456. The van der Waals surface area contributed by atoms with E-state index < -0.39 is 5.97 Å². The highest BCUT2D eigenvalue weighted by Crippen LogP contribution is 2.30. The average Bonchev–Trinajstić information content (AvgIpc) is 3.12. The number of carboxylic acid groups (broad SMARTS) is 1. The van der Waals surface area contributed by atoms with Gasteiger partial charge in [-0.2, -0.15) is 0 Å². The van der Waals surface area contributed by atoms with Gasteiger partial charge in [-0.05, 0) is 49.4 Å². The van der Waals surface area contributed by atoms with Crippen LogP contribution in [0, 0.1) is 6.92 Å². The molecule has 0 aliphatic heterocycles. The van der Waals surface area contributed by atoms with E-state index in [1.54, 1.807) is 36.4 Å². The van der Waals surface area contributed by atoms with Crippen molar-refractivity contribution in [3.8, 4) is 23.0 Å². The largest absolute Gasteiger partial charge is 0.478 e.